The lowest BCUT2D eigenvalue weighted by Crippen LogP contribution is -2.51. The van der Waals surface area contributed by atoms with Gasteiger partial charge >= 0.3 is 0 Å². The first kappa shape index (κ1) is 25.0. The van der Waals surface area contributed by atoms with Gasteiger partial charge in [0.2, 0.25) is 5.95 Å². The first-order valence-corrected chi connectivity index (χ1v) is 11.2. The first-order valence-electron chi connectivity index (χ1n) is 11.2. The van der Waals surface area contributed by atoms with E-state index in [1.807, 2.05) is 0 Å². The highest BCUT2D eigenvalue weighted by atomic mass is 19.1. The third kappa shape index (κ3) is 5.24. The van der Waals surface area contributed by atoms with E-state index in [2.05, 4.69) is 31.4 Å². The SMILES string of the molecule is C[C@H](O)C(=O)N1CC[C@H](Oc2ccc(-c3ncnc(Nc4cnn(C)c4CO)n3)cc2C#N)[C@@H](F)C1. The number of alkyl halides is 1. The Labute approximate surface area is 206 Å². The van der Waals surface area contributed by atoms with Gasteiger partial charge < -0.3 is 25.2 Å². The van der Waals surface area contributed by atoms with Gasteiger partial charge in [0, 0.05) is 25.6 Å². The maximum atomic E-state index is 14.7. The van der Waals surface area contributed by atoms with Gasteiger partial charge in [0.15, 0.2) is 12.0 Å². The van der Waals surface area contributed by atoms with Crippen LogP contribution in [-0.4, -0.2) is 77.2 Å². The lowest BCUT2D eigenvalue weighted by molar-refractivity contribution is -0.143. The summed E-state index contributed by atoms with van der Waals surface area (Å²) in [7, 11) is 1.70. The lowest BCUT2D eigenvalue weighted by atomic mass is 10.0. The highest BCUT2D eigenvalue weighted by Gasteiger charge is 2.34. The number of halogens is 1. The van der Waals surface area contributed by atoms with Crippen molar-refractivity contribution in [2.75, 3.05) is 18.4 Å². The van der Waals surface area contributed by atoms with Crippen molar-refractivity contribution in [3.05, 3.63) is 42.0 Å². The number of rotatable bonds is 7. The van der Waals surface area contributed by atoms with Gasteiger partial charge in [-0.15, -0.1) is 0 Å². The molecular formula is C23H25FN8O4. The summed E-state index contributed by atoms with van der Waals surface area (Å²) in [5.41, 5.74) is 1.79. The number of nitrogens with zero attached hydrogens (tertiary/aromatic N) is 7. The molecule has 13 heteroatoms. The summed E-state index contributed by atoms with van der Waals surface area (Å²) >= 11 is 0. The number of nitriles is 1. The van der Waals surface area contributed by atoms with Crippen LogP contribution in [0.3, 0.4) is 0 Å². The van der Waals surface area contributed by atoms with Gasteiger partial charge in [0.25, 0.3) is 5.91 Å². The van der Waals surface area contributed by atoms with Crippen molar-refractivity contribution in [3.63, 3.8) is 0 Å². The third-order valence-electron chi connectivity index (χ3n) is 5.82. The van der Waals surface area contributed by atoms with E-state index >= 15 is 0 Å². The Kier molecular flexibility index (Phi) is 7.37. The van der Waals surface area contributed by atoms with E-state index in [4.69, 9.17) is 4.74 Å². The number of amides is 1. The molecule has 1 saturated heterocycles. The van der Waals surface area contributed by atoms with E-state index in [0.29, 0.717) is 22.8 Å². The van der Waals surface area contributed by atoms with Crippen molar-refractivity contribution >= 4 is 17.5 Å². The van der Waals surface area contributed by atoms with Crippen LogP contribution in [0.4, 0.5) is 16.0 Å². The maximum Gasteiger partial charge on any atom is 0.251 e. The van der Waals surface area contributed by atoms with Crippen molar-refractivity contribution < 1.29 is 24.1 Å². The molecule has 1 aliphatic rings. The standard InChI is InChI=1S/C23H25FN8O4/c1-13(34)22(35)32-6-5-20(16(24)10-32)36-19-4-3-14(7-15(19)8-25)21-26-12-27-23(30-21)29-17-9-28-31(2)18(17)11-33/h3-4,7,9,12-13,16,20,33-34H,5-6,10-11H2,1-2H3,(H,26,27,29,30)/t13-,16-,20-/m0/s1. The number of carbonyl (C=O) groups is 1. The Morgan fingerprint density at radius 1 is 1.42 bits per heavy atom. The van der Waals surface area contributed by atoms with Crippen LogP contribution < -0.4 is 10.1 Å². The minimum atomic E-state index is -1.47. The Hall–Kier alpha value is -4.15. The predicted octanol–water partition coefficient (Wildman–Crippen LogP) is 1.08. The van der Waals surface area contributed by atoms with E-state index < -0.39 is 24.3 Å². The van der Waals surface area contributed by atoms with Gasteiger partial charge in [0.1, 0.15) is 30.4 Å². The van der Waals surface area contributed by atoms with Gasteiger partial charge in [-0.1, -0.05) is 0 Å². The summed E-state index contributed by atoms with van der Waals surface area (Å²) in [5, 5.41) is 35.7. The Balaban J connectivity index is 1.49. The minimum absolute atomic E-state index is 0.173. The third-order valence-corrected chi connectivity index (χ3v) is 5.82. The number of anilines is 2. The number of aromatic nitrogens is 5. The molecule has 1 aromatic carbocycles. The first-order chi connectivity index (χ1) is 17.3. The molecule has 0 radical (unpaired) electrons. The number of carbonyl (C=O) groups excluding carboxylic acids is 1. The molecule has 188 valence electrons. The summed E-state index contributed by atoms with van der Waals surface area (Å²) in [4.78, 5) is 25.8. The van der Waals surface area contributed by atoms with E-state index in [1.54, 1.807) is 19.2 Å². The minimum Gasteiger partial charge on any atom is -0.486 e. The van der Waals surface area contributed by atoms with Gasteiger partial charge in [-0.2, -0.15) is 15.3 Å². The van der Waals surface area contributed by atoms with Crippen LogP contribution in [-0.2, 0) is 18.4 Å². The van der Waals surface area contributed by atoms with E-state index in [1.165, 1.54) is 35.1 Å². The van der Waals surface area contributed by atoms with Crippen LogP contribution in [0.5, 0.6) is 5.75 Å². The number of benzene rings is 1. The highest BCUT2D eigenvalue weighted by Crippen LogP contribution is 2.28. The molecule has 3 N–H and O–H groups in total. The average Bonchev–Trinajstić information content (AvgIpc) is 3.23. The van der Waals surface area contributed by atoms with Crippen LogP contribution in [0.2, 0.25) is 0 Å². The molecule has 0 spiro atoms. The zero-order valence-corrected chi connectivity index (χ0v) is 19.7. The lowest BCUT2D eigenvalue weighted by Gasteiger charge is -2.35. The molecule has 1 fully saturated rings. The largest absolute Gasteiger partial charge is 0.486 e. The van der Waals surface area contributed by atoms with Crippen molar-refractivity contribution in [2.45, 2.75) is 38.3 Å². The number of aryl methyl sites for hydroxylation is 1. The van der Waals surface area contributed by atoms with Gasteiger partial charge in [-0.05, 0) is 25.1 Å². The van der Waals surface area contributed by atoms with Gasteiger partial charge in [0.05, 0.1) is 36.3 Å². The summed E-state index contributed by atoms with van der Waals surface area (Å²) < 4.78 is 22.1. The molecule has 36 heavy (non-hydrogen) atoms. The predicted molar refractivity (Wildman–Crippen MR) is 125 cm³/mol. The fraction of sp³-hybridized carbons (Fsp3) is 0.391. The summed E-state index contributed by atoms with van der Waals surface area (Å²) in [6, 6.07) is 6.79. The number of nitrogens with one attached hydrogen (secondary N) is 1. The number of aliphatic hydroxyl groups excluding tert-OH is 2. The van der Waals surface area contributed by atoms with Crippen LogP contribution in [0.15, 0.2) is 30.7 Å². The molecule has 12 nitrogen and oxygen atoms in total. The smallest absolute Gasteiger partial charge is 0.251 e. The van der Waals surface area contributed by atoms with Gasteiger partial charge in [-0.3, -0.25) is 9.48 Å². The number of aliphatic hydroxyl groups is 2. The zero-order valence-electron chi connectivity index (χ0n) is 19.7. The van der Waals surface area contributed by atoms with E-state index in [-0.39, 0.29) is 43.4 Å². The Morgan fingerprint density at radius 2 is 2.22 bits per heavy atom. The molecule has 3 aromatic rings. The van der Waals surface area contributed by atoms with Crippen molar-refractivity contribution in [2.24, 2.45) is 7.05 Å². The fourth-order valence-electron chi connectivity index (χ4n) is 3.87. The topological polar surface area (TPSA) is 162 Å². The Morgan fingerprint density at radius 3 is 2.92 bits per heavy atom. The normalized spacial score (nSPS) is 18.4. The number of ether oxygens (including phenoxy) is 1. The average molecular weight is 497 g/mol. The van der Waals surface area contributed by atoms with E-state index in [9.17, 15) is 24.7 Å². The van der Waals surface area contributed by atoms with Crippen molar-refractivity contribution in [1.29, 1.82) is 5.26 Å². The van der Waals surface area contributed by atoms with E-state index in [0.717, 1.165) is 0 Å². The molecule has 3 atom stereocenters. The van der Waals surface area contributed by atoms with Crippen LogP contribution in [0, 0.1) is 11.3 Å². The van der Waals surface area contributed by atoms with Crippen molar-refractivity contribution in [3.8, 4) is 23.2 Å². The quantitative estimate of drug-likeness (QED) is 0.431. The molecule has 3 heterocycles. The number of likely N-dealkylation sites (tertiary alicyclic amines) is 1. The molecule has 0 unspecified atom stereocenters. The highest BCUT2D eigenvalue weighted by molar-refractivity contribution is 5.80. The molecule has 1 aliphatic heterocycles. The second-order valence-electron chi connectivity index (χ2n) is 8.29. The molecule has 0 saturated carbocycles. The van der Waals surface area contributed by atoms with Crippen LogP contribution >= 0.6 is 0 Å². The molecule has 4 rings (SSSR count). The van der Waals surface area contributed by atoms with Gasteiger partial charge in [-0.25, -0.2) is 14.4 Å². The number of hydrogen-bond acceptors (Lipinski definition) is 10. The summed E-state index contributed by atoms with van der Waals surface area (Å²) in [6.45, 7) is 1.17. The summed E-state index contributed by atoms with van der Waals surface area (Å²) in [6.07, 6.45) is -0.432. The second-order valence-corrected chi connectivity index (χ2v) is 8.29. The number of piperidine rings is 1. The molecular weight excluding hydrogens is 471 g/mol. The zero-order chi connectivity index (χ0) is 25.8. The molecule has 0 aliphatic carbocycles. The molecule has 1 amide bonds. The van der Waals surface area contributed by atoms with Crippen molar-refractivity contribution in [1.82, 2.24) is 29.6 Å². The van der Waals surface area contributed by atoms with Crippen LogP contribution in [0.1, 0.15) is 24.6 Å². The second kappa shape index (κ2) is 10.6. The molecule has 2 aromatic heterocycles. The fourth-order valence-corrected chi connectivity index (χ4v) is 3.87. The maximum absolute atomic E-state index is 14.7. The number of hydrogen-bond donors (Lipinski definition) is 3. The molecule has 0 bridgehead atoms. The van der Waals surface area contributed by atoms with Crippen LogP contribution in [0.25, 0.3) is 11.4 Å². The summed E-state index contributed by atoms with van der Waals surface area (Å²) in [5.74, 6) is 0.193. The monoisotopic (exact) mass is 496 g/mol. The Bertz CT molecular complexity index is 1290.